The third-order valence-corrected chi connectivity index (χ3v) is 8.23. The van der Waals surface area contributed by atoms with Gasteiger partial charge in [-0.3, -0.25) is 4.79 Å². The van der Waals surface area contributed by atoms with Crippen molar-refractivity contribution >= 4 is 22.7 Å². The number of anilines is 1. The maximum absolute atomic E-state index is 14.2. The van der Waals surface area contributed by atoms with Crippen molar-refractivity contribution in [3.8, 4) is 11.1 Å². The van der Waals surface area contributed by atoms with E-state index in [0.717, 1.165) is 77.3 Å². The van der Waals surface area contributed by atoms with Crippen LogP contribution in [-0.4, -0.2) is 38.1 Å². The Kier molecular flexibility index (Phi) is 6.82. The third kappa shape index (κ3) is 4.64. The number of nitrogens with zero attached hydrogens (tertiary/aromatic N) is 4. The lowest BCUT2D eigenvalue weighted by atomic mass is 9.92. The summed E-state index contributed by atoms with van der Waals surface area (Å²) in [6, 6.07) is 9.58. The number of hydrogen-bond acceptors (Lipinski definition) is 7. The van der Waals surface area contributed by atoms with Crippen LogP contribution in [0.2, 0.25) is 0 Å². The number of ether oxygens (including phenoxy) is 1. The van der Waals surface area contributed by atoms with E-state index in [4.69, 9.17) is 14.2 Å². The fraction of sp³-hybridized carbons (Fsp3) is 0.433. The molecule has 3 heterocycles. The number of carbonyl (C=O) groups excluding carboxylic acids is 1. The van der Waals surface area contributed by atoms with Crippen LogP contribution in [0.1, 0.15) is 74.8 Å². The Balaban J connectivity index is 1.45. The van der Waals surface area contributed by atoms with Crippen molar-refractivity contribution in [1.82, 2.24) is 14.7 Å². The Labute approximate surface area is 230 Å². The van der Waals surface area contributed by atoms with E-state index in [9.17, 15) is 18.7 Å². The number of aryl methyl sites for hydroxylation is 2. The molecule has 1 saturated carbocycles. The zero-order valence-electron chi connectivity index (χ0n) is 22.7. The first kappa shape index (κ1) is 26.4. The Bertz CT molecular complexity index is 1550. The van der Waals surface area contributed by atoms with E-state index in [1.165, 1.54) is 13.0 Å². The van der Waals surface area contributed by atoms with Gasteiger partial charge in [0.15, 0.2) is 11.6 Å². The maximum Gasteiger partial charge on any atom is 0.302 e. The molecule has 10 heteroatoms. The molecule has 1 aliphatic heterocycles. The zero-order chi connectivity index (χ0) is 28.1. The van der Waals surface area contributed by atoms with Crippen molar-refractivity contribution in [2.24, 2.45) is 0 Å². The number of carbonyl (C=O) groups is 1. The quantitative estimate of drug-likeness (QED) is 0.292. The van der Waals surface area contributed by atoms with Gasteiger partial charge in [0, 0.05) is 30.3 Å². The lowest BCUT2D eigenvalue weighted by molar-refractivity contribution is -0.148. The SMILES string of the molecule is CC(=O)OC1CCC(n2c([C@@H]3CCC(O)N3c3ccc(F)c(F)c3)nc3cc(-c4c(C)noc4C)ccc32)CC1. The van der Waals surface area contributed by atoms with E-state index in [2.05, 4.69) is 15.8 Å². The van der Waals surface area contributed by atoms with Gasteiger partial charge in [-0.2, -0.15) is 0 Å². The molecule has 6 rings (SSSR count). The van der Waals surface area contributed by atoms with Gasteiger partial charge in [0.05, 0.1) is 22.8 Å². The second-order valence-corrected chi connectivity index (χ2v) is 10.9. The molecule has 0 bridgehead atoms. The molecular formula is C30H32F2N4O4. The highest BCUT2D eigenvalue weighted by Crippen LogP contribution is 2.43. The average molecular weight is 551 g/mol. The largest absolute Gasteiger partial charge is 0.463 e. The smallest absolute Gasteiger partial charge is 0.302 e. The Morgan fingerprint density at radius 3 is 2.48 bits per heavy atom. The van der Waals surface area contributed by atoms with Crippen LogP contribution in [0.4, 0.5) is 14.5 Å². The predicted octanol–water partition coefficient (Wildman–Crippen LogP) is 6.29. The summed E-state index contributed by atoms with van der Waals surface area (Å²) in [6.07, 6.45) is 3.16. The van der Waals surface area contributed by atoms with Gasteiger partial charge >= 0.3 is 5.97 Å². The van der Waals surface area contributed by atoms with Gasteiger partial charge in [-0.25, -0.2) is 13.8 Å². The van der Waals surface area contributed by atoms with E-state index in [1.54, 1.807) is 4.90 Å². The van der Waals surface area contributed by atoms with Crippen molar-refractivity contribution in [2.75, 3.05) is 4.90 Å². The molecule has 2 fully saturated rings. The molecule has 210 valence electrons. The number of hydrogen-bond donors (Lipinski definition) is 1. The Morgan fingerprint density at radius 1 is 1.02 bits per heavy atom. The fourth-order valence-electron chi connectivity index (χ4n) is 6.49. The van der Waals surface area contributed by atoms with E-state index in [-0.39, 0.29) is 24.2 Å². The average Bonchev–Trinajstić information content (AvgIpc) is 3.59. The molecule has 1 aliphatic carbocycles. The molecule has 40 heavy (non-hydrogen) atoms. The highest BCUT2D eigenvalue weighted by Gasteiger charge is 2.39. The van der Waals surface area contributed by atoms with E-state index < -0.39 is 17.9 Å². The molecule has 8 nitrogen and oxygen atoms in total. The van der Waals surface area contributed by atoms with E-state index >= 15 is 0 Å². The number of aromatic nitrogens is 3. The number of fused-ring (bicyclic) bond motifs is 1. The van der Waals surface area contributed by atoms with Gasteiger partial charge in [0.2, 0.25) is 0 Å². The fourth-order valence-corrected chi connectivity index (χ4v) is 6.49. The first-order valence-electron chi connectivity index (χ1n) is 13.7. The number of rotatable bonds is 5. The number of esters is 1. The summed E-state index contributed by atoms with van der Waals surface area (Å²) in [5, 5.41) is 15.1. The highest BCUT2D eigenvalue weighted by atomic mass is 19.2. The second-order valence-electron chi connectivity index (χ2n) is 10.9. The number of aliphatic hydroxyl groups is 1. The van der Waals surface area contributed by atoms with Gasteiger partial charge in [-0.15, -0.1) is 0 Å². The summed E-state index contributed by atoms with van der Waals surface area (Å²) in [5.41, 5.74) is 4.82. The number of imidazole rings is 1. The first-order chi connectivity index (χ1) is 19.2. The lowest BCUT2D eigenvalue weighted by Gasteiger charge is -2.34. The van der Waals surface area contributed by atoms with Crippen LogP contribution >= 0.6 is 0 Å². The van der Waals surface area contributed by atoms with E-state index in [1.807, 2.05) is 26.0 Å². The number of halogens is 2. The lowest BCUT2D eigenvalue weighted by Crippen LogP contribution is -2.34. The number of aliphatic hydroxyl groups excluding tert-OH is 1. The minimum absolute atomic E-state index is 0.0984. The van der Waals surface area contributed by atoms with Crippen LogP contribution in [0.3, 0.4) is 0 Å². The summed E-state index contributed by atoms with van der Waals surface area (Å²) in [4.78, 5) is 18.4. The van der Waals surface area contributed by atoms with Crippen LogP contribution in [0.25, 0.3) is 22.2 Å². The standard InChI is InChI=1S/C30H32F2N4O4/c1-16-29(17(2)40-34-16)19-4-11-26-25(14-19)33-30(36(26)20-5-8-22(9-6-20)39-18(3)37)27-12-13-28(38)35(27)21-7-10-23(31)24(32)15-21/h4,7,10-11,14-15,20,22,27-28,38H,5-6,8-9,12-13H2,1-3H3/t20?,22?,27-,28?/m0/s1. The van der Waals surface area contributed by atoms with Crippen molar-refractivity contribution in [3.05, 3.63) is 65.3 Å². The van der Waals surface area contributed by atoms with Crippen molar-refractivity contribution in [1.29, 1.82) is 0 Å². The molecule has 2 aromatic heterocycles. The summed E-state index contributed by atoms with van der Waals surface area (Å²) >= 11 is 0. The molecule has 1 N–H and O–H groups in total. The van der Waals surface area contributed by atoms with Crippen molar-refractivity contribution < 1.29 is 27.9 Å². The van der Waals surface area contributed by atoms with Crippen molar-refractivity contribution in [2.45, 2.75) is 83.7 Å². The second kappa shape index (κ2) is 10.3. The van der Waals surface area contributed by atoms with Crippen molar-refractivity contribution in [3.63, 3.8) is 0 Å². The Morgan fingerprint density at radius 2 is 1.80 bits per heavy atom. The molecular weight excluding hydrogens is 518 g/mol. The minimum atomic E-state index is -0.961. The van der Waals surface area contributed by atoms with Crippen LogP contribution in [0.5, 0.6) is 0 Å². The van der Waals surface area contributed by atoms with Crippen LogP contribution in [0, 0.1) is 25.5 Å². The molecule has 0 amide bonds. The van der Waals surface area contributed by atoms with Crippen LogP contribution < -0.4 is 4.90 Å². The first-order valence-corrected chi connectivity index (χ1v) is 13.7. The van der Waals surface area contributed by atoms with Gasteiger partial charge < -0.3 is 23.8 Å². The summed E-state index contributed by atoms with van der Waals surface area (Å²) < 4.78 is 41.1. The van der Waals surface area contributed by atoms with E-state index in [0.29, 0.717) is 18.5 Å². The summed E-state index contributed by atoms with van der Waals surface area (Å²) in [7, 11) is 0. The normalized spacial score (nSPS) is 23.2. The molecule has 1 unspecified atom stereocenters. The molecule has 0 spiro atoms. The molecule has 4 aromatic rings. The predicted molar refractivity (Wildman–Crippen MR) is 145 cm³/mol. The molecule has 2 aliphatic rings. The highest BCUT2D eigenvalue weighted by molar-refractivity contribution is 5.84. The van der Waals surface area contributed by atoms with Gasteiger partial charge in [0.1, 0.15) is 23.9 Å². The monoisotopic (exact) mass is 550 g/mol. The maximum atomic E-state index is 14.2. The molecule has 2 atom stereocenters. The Hall–Kier alpha value is -3.79. The van der Waals surface area contributed by atoms with Crippen LogP contribution in [0.15, 0.2) is 40.9 Å². The van der Waals surface area contributed by atoms with Gasteiger partial charge in [-0.05, 0) is 82.2 Å². The molecule has 1 saturated heterocycles. The molecule has 0 radical (unpaired) electrons. The summed E-state index contributed by atoms with van der Waals surface area (Å²) in [5.74, 6) is -0.674. The summed E-state index contributed by atoms with van der Waals surface area (Å²) in [6.45, 7) is 5.22. The third-order valence-electron chi connectivity index (χ3n) is 8.23. The zero-order valence-corrected chi connectivity index (χ0v) is 22.7. The van der Waals surface area contributed by atoms with Gasteiger partial charge in [0.25, 0.3) is 0 Å². The minimum Gasteiger partial charge on any atom is -0.463 e. The number of benzene rings is 2. The van der Waals surface area contributed by atoms with Crippen LogP contribution in [-0.2, 0) is 9.53 Å². The molecule has 2 aromatic carbocycles. The van der Waals surface area contributed by atoms with Gasteiger partial charge in [-0.1, -0.05) is 11.2 Å². The topological polar surface area (TPSA) is 93.6 Å².